The molecule has 2 amide bonds. The fourth-order valence-electron chi connectivity index (χ4n) is 3.09. The van der Waals surface area contributed by atoms with Crippen LogP contribution in [-0.2, 0) is 9.59 Å². The third-order valence-corrected chi connectivity index (χ3v) is 4.46. The van der Waals surface area contributed by atoms with E-state index in [2.05, 4.69) is 5.32 Å². The first-order valence-electron chi connectivity index (χ1n) is 9.08. The number of amides is 2. The Morgan fingerprint density at radius 2 is 1.82 bits per heavy atom. The Morgan fingerprint density at radius 3 is 2.32 bits per heavy atom. The average Bonchev–Trinajstić information content (AvgIpc) is 2.70. The van der Waals surface area contributed by atoms with Gasteiger partial charge in [0, 0.05) is 6.04 Å². The van der Waals surface area contributed by atoms with E-state index in [1.54, 1.807) is 12.1 Å². The highest BCUT2D eigenvalue weighted by Gasteiger charge is 2.19. The number of carbonyl (C=O) groups is 2. The smallest absolute Gasteiger partial charge is 0.262 e. The number of benzene rings is 1. The lowest BCUT2D eigenvalue weighted by molar-refractivity contribution is -0.120. The highest BCUT2D eigenvalue weighted by atomic mass is 16.5. The zero-order chi connectivity index (χ0) is 20.5. The van der Waals surface area contributed by atoms with E-state index in [0.29, 0.717) is 5.56 Å². The summed E-state index contributed by atoms with van der Waals surface area (Å²) in [5, 5.41) is 12.3. The lowest BCUT2D eigenvalue weighted by Gasteiger charge is -2.22. The number of hydrogen-bond donors (Lipinski definition) is 2. The van der Waals surface area contributed by atoms with E-state index < -0.39 is 11.8 Å². The second kappa shape index (κ2) is 10.2. The first kappa shape index (κ1) is 21.1. The van der Waals surface area contributed by atoms with Gasteiger partial charge < -0.3 is 25.3 Å². The number of carbonyl (C=O) groups excluding carboxylic acids is 2. The van der Waals surface area contributed by atoms with Crippen molar-refractivity contribution in [2.45, 2.75) is 38.1 Å². The van der Waals surface area contributed by atoms with E-state index >= 15 is 0 Å². The molecular formula is C20H25N3O5. The van der Waals surface area contributed by atoms with E-state index in [1.165, 1.54) is 26.7 Å². The van der Waals surface area contributed by atoms with Gasteiger partial charge in [0.05, 0.1) is 14.2 Å². The van der Waals surface area contributed by atoms with Crippen molar-refractivity contribution in [1.29, 1.82) is 5.26 Å². The van der Waals surface area contributed by atoms with Crippen LogP contribution < -0.4 is 25.3 Å². The van der Waals surface area contributed by atoms with E-state index in [0.717, 1.165) is 25.7 Å². The molecule has 0 bridgehead atoms. The van der Waals surface area contributed by atoms with Gasteiger partial charge in [-0.2, -0.15) is 5.26 Å². The standard InChI is InChI=1S/C20H25N3O5/c1-26-16-9-13(10-17(27-2)19(16)28-12-18(22)24)8-14(11-21)20(25)23-15-6-4-3-5-7-15/h8-10,15H,3-7,12H2,1-2H3,(H2,22,24)(H,23,25)/b14-8+. The van der Waals surface area contributed by atoms with Crippen LogP contribution in [0.15, 0.2) is 17.7 Å². The van der Waals surface area contributed by atoms with Crippen LogP contribution in [0.3, 0.4) is 0 Å². The number of nitrogens with zero attached hydrogens (tertiary/aromatic N) is 1. The molecule has 1 aromatic carbocycles. The molecule has 1 aliphatic carbocycles. The largest absolute Gasteiger partial charge is 0.493 e. The summed E-state index contributed by atoms with van der Waals surface area (Å²) in [6, 6.07) is 5.22. The van der Waals surface area contributed by atoms with Crippen LogP contribution >= 0.6 is 0 Å². The molecule has 0 saturated heterocycles. The first-order chi connectivity index (χ1) is 13.5. The number of rotatable bonds is 8. The summed E-state index contributed by atoms with van der Waals surface area (Å²) in [7, 11) is 2.86. The number of primary amides is 1. The molecule has 0 heterocycles. The molecule has 1 aliphatic rings. The minimum Gasteiger partial charge on any atom is -0.493 e. The highest BCUT2D eigenvalue weighted by Crippen LogP contribution is 2.39. The zero-order valence-corrected chi connectivity index (χ0v) is 16.1. The van der Waals surface area contributed by atoms with E-state index in [4.69, 9.17) is 19.9 Å². The van der Waals surface area contributed by atoms with Gasteiger partial charge in [-0.05, 0) is 36.6 Å². The van der Waals surface area contributed by atoms with E-state index in [1.807, 2.05) is 6.07 Å². The second-order valence-corrected chi connectivity index (χ2v) is 6.49. The fourth-order valence-corrected chi connectivity index (χ4v) is 3.09. The maximum atomic E-state index is 12.5. The van der Waals surface area contributed by atoms with Crippen LogP contribution in [0.4, 0.5) is 0 Å². The van der Waals surface area contributed by atoms with Crippen LogP contribution in [-0.4, -0.2) is 38.7 Å². The van der Waals surface area contributed by atoms with Crippen molar-refractivity contribution < 1.29 is 23.8 Å². The van der Waals surface area contributed by atoms with Crippen molar-refractivity contribution in [1.82, 2.24) is 5.32 Å². The van der Waals surface area contributed by atoms with Crippen molar-refractivity contribution in [3.63, 3.8) is 0 Å². The molecule has 0 spiro atoms. The van der Waals surface area contributed by atoms with Crippen LogP contribution in [0.5, 0.6) is 17.2 Å². The predicted molar refractivity (Wildman–Crippen MR) is 103 cm³/mol. The molecule has 8 nitrogen and oxygen atoms in total. The summed E-state index contributed by atoms with van der Waals surface area (Å²) < 4.78 is 15.9. The SMILES string of the molecule is COc1cc(/C=C(\C#N)C(=O)NC2CCCCC2)cc(OC)c1OCC(N)=O. The van der Waals surface area contributed by atoms with Gasteiger partial charge in [-0.25, -0.2) is 0 Å². The molecule has 1 fully saturated rings. The van der Waals surface area contributed by atoms with Crippen LogP contribution in [0.2, 0.25) is 0 Å². The monoisotopic (exact) mass is 387 g/mol. The second-order valence-electron chi connectivity index (χ2n) is 6.49. The van der Waals surface area contributed by atoms with Gasteiger partial charge in [-0.15, -0.1) is 0 Å². The maximum absolute atomic E-state index is 12.5. The number of nitrogens with two attached hydrogens (primary N) is 1. The summed E-state index contributed by atoms with van der Waals surface area (Å²) >= 11 is 0. The molecule has 3 N–H and O–H groups in total. The fraction of sp³-hybridized carbons (Fsp3) is 0.450. The molecule has 150 valence electrons. The Kier molecular flexibility index (Phi) is 7.69. The summed E-state index contributed by atoms with van der Waals surface area (Å²) in [4.78, 5) is 23.4. The van der Waals surface area contributed by atoms with Crippen molar-refractivity contribution in [3.05, 3.63) is 23.3 Å². The van der Waals surface area contributed by atoms with E-state index in [-0.39, 0.29) is 35.5 Å². The van der Waals surface area contributed by atoms with Crippen molar-refractivity contribution in [2.24, 2.45) is 5.73 Å². The molecular weight excluding hydrogens is 362 g/mol. The van der Waals surface area contributed by atoms with Crippen molar-refractivity contribution in [2.75, 3.05) is 20.8 Å². The molecule has 28 heavy (non-hydrogen) atoms. The predicted octanol–water partition coefficient (Wildman–Crippen LogP) is 1.92. The molecule has 8 heteroatoms. The molecule has 0 atom stereocenters. The molecule has 0 unspecified atom stereocenters. The normalized spacial score (nSPS) is 14.7. The molecule has 0 aromatic heterocycles. The zero-order valence-electron chi connectivity index (χ0n) is 16.1. The lowest BCUT2D eigenvalue weighted by Crippen LogP contribution is -2.36. The maximum Gasteiger partial charge on any atom is 0.262 e. The quantitative estimate of drug-likeness (QED) is 0.519. The van der Waals surface area contributed by atoms with Gasteiger partial charge in [-0.1, -0.05) is 19.3 Å². The summed E-state index contributed by atoms with van der Waals surface area (Å²) in [6.45, 7) is -0.338. The van der Waals surface area contributed by atoms with Crippen molar-refractivity contribution >= 4 is 17.9 Å². The van der Waals surface area contributed by atoms with Gasteiger partial charge >= 0.3 is 0 Å². The number of methoxy groups -OCH3 is 2. The van der Waals surface area contributed by atoms with Gasteiger partial charge in [0.2, 0.25) is 5.75 Å². The van der Waals surface area contributed by atoms with Gasteiger partial charge in [-0.3, -0.25) is 9.59 Å². The van der Waals surface area contributed by atoms with Crippen LogP contribution in [0.25, 0.3) is 6.08 Å². The number of nitriles is 1. The third kappa shape index (κ3) is 5.64. The number of nitrogens with one attached hydrogen (secondary N) is 1. The summed E-state index contributed by atoms with van der Waals surface area (Å²) in [5.74, 6) is -0.250. The number of ether oxygens (including phenoxy) is 3. The molecule has 0 aliphatic heterocycles. The van der Waals surface area contributed by atoms with Gasteiger partial charge in [0.1, 0.15) is 11.6 Å². The Balaban J connectivity index is 2.27. The minimum atomic E-state index is -0.640. The topological polar surface area (TPSA) is 124 Å². The molecule has 2 rings (SSSR count). The third-order valence-electron chi connectivity index (χ3n) is 4.46. The van der Waals surface area contributed by atoms with Crippen molar-refractivity contribution in [3.8, 4) is 23.3 Å². The molecule has 0 radical (unpaired) electrons. The Bertz CT molecular complexity index is 767. The lowest BCUT2D eigenvalue weighted by atomic mass is 9.95. The highest BCUT2D eigenvalue weighted by molar-refractivity contribution is 6.02. The first-order valence-corrected chi connectivity index (χ1v) is 9.08. The van der Waals surface area contributed by atoms with Crippen LogP contribution in [0.1, 0.15) is 37.7 Å². The minimum absolute atomic E-state index is 0.0134. The molecule has 1 saturated carbocycles. The molecule has 1 aromatic rings. The summed E-state index contributed by atoms with van der Waals surface area (Å²) in [6.07, 6.45) is 6.66. The van der Waals surface area contributed by atoms with Crippen LogP contribution in [0, 0.1) is 11.3 Å². The Hall–Kier alpha value is -3.21. The van der Waals surface area contributed by atoms with Gasteiger partial charge in [0.25, 0.3) is 11.8 Å². The Morgan fingerprint density at radius 1 is 1.21 bits per heavy atom. The summed E-state index contributed by atoms with van der Waals surface area (Å²) in [5.41, 5.74) is 5.62. The average molecular weight is 387 g/mol. The van der Waals surface area contributed by atoms with Gasteiger partial charge in [0.15, 0.2) is 18.1 Å². The number of hydrogen-bond acceptors (Lipinski definition) is 6. The Labute approximate surface area is 164 Å². The van der Waals surface area contributed by atoms with E-state index in [9.17, 15) is 14.9 Å².